The number of hydrogen-bond acceptors (Lipinski definition) is 5. The minimum atomic E-state index is -3.01. The zero-order valence-corrected chi connectivity index (χ0v) is 15.3. The molecule has 1 amide bonds. The lowest BCUT2D eigenvalue weighted by Gasteiger charge is -2.14. The first-order valence-corrected chi connectivity index (χ1v) is 8.48. The van der Waals surface area contributed by atoms with Gasteiger partial charge in [0.15, 0.2) is 23.0 Å². The minimum absolute atomic E-state index is 0.132. The molecule has 148 valence electrons. The monoisotopic (exact) mass is 391 g/mol. The van der Waals surface area contributed by atoms with Gasteiger partial charge in [0.25, 0.3) is 0 Å². The number of fused-ring (bicyclic) bond motifs is 1. The van der Waals surface area contributed by atoms with Gasteiger partial charge in [0.05, 0.1) is 13.2 Å². The summed E-state index contributed by atoms with van der Waals surface area (Å²) in [4.78, 5) is 12.2. The number of para-hydroxylation sites is 1. The molecule has 1 aliphatic heterocycles. The van der Waals surface area contributed by atoms with Gasteiger partial charge in [-0.05, 0) is 36.8 Å². The summed E-state index contributed by atoms with van der Waals surface area (Å²) >= 11 is 0. The van der Waals surface area contributed by atoms with Crippen molar-refractivity contribution in [2.45, 2.75) is 19.6 Å². The Bertz CT molecular complexity index is 885. The van der Waals surface area contributed by atoms with Crippen molar-refractivity contribution in [2.24, 2.45) is 0 Å². The number of rotatable bonds is 7. The molecule has 0 radical (unpaired) electrons. The highest BCUT2D eigenvalue weighted by Gasteiger charge is 2.17. The van der Waals surface area contributed by atoms with Crippen molar-refractivity contribution < 1.29 is 32.5 Å². The van der Waals surface area contributed by atoms with E-state index in [1.54, 1.807) is 24.3 Å². The van der Waals surface area contributed by atoms with Crippen molar-refractivity contribution in [3.63, 3.8) is 0 Å². The quantitative estimate of drug-likeness (QED) is 0.725. The molecule has 1 aliphatic rings. The van der Waals surface area contributed by atoms with E-state index < -0.39 is 12.5 Å². The maximum Gasteiger partial charge on any atom is 0.387 e. The maximum absolute atomic E-state index is 12.7. The third kappa shape index (κ3) is 4.51. The van der Waals surface area contributed by atoms with Crippen molar-refractivity contribution in [1.82, 2.24) is 5.32 Å². The number of carbonyl (C=O) groups excluding carboxylic acids is 1. The van der Waals surface area contributed by atoms with E-state index in [0.29, 0.717) is 17.1 Å². The van der Waals surface area contributed by atoms with Crippen LogP contribution in [0.5, 0.6) is 23.0 Å². The van der Waals surface area contributed by atoms with Crippen LogP contribution in [0.1, 0.15) is 24.1 Å². The lowest BCUT2D eigenvalue weighted by Crippen LogP contribution is -2.24. The number of hydrogen-bond donors (Lipinski definition) is 1. The van der Waals surface area contributed by atoms with Gasteiger partial charge in [0.2, 0.25) is 12.7 Å². The van der Waals surface area contributed by atoms with Gasteiger partial charge in [0.1, 0.15) is 0 Å². The first-order valence-electron chi connectivity index (χ1n) is 8.48. The van der Waals surface area contributed by atoms with Gasteiger partial charge >= 0.3 is 6.61 Å². The summed E-state index contributed by atoms with van der Waals surface area (Å²) in [5, 5.41) is 2.80. The van der Waals surface area contributed by atoms with Crippen LogP contribution >= 0.6 is 0 Å². The van der Waals surface area contributed by atoms with Gasteiger partial charge in [0, 0.05) is 11.6 Å². The Morgan fingerprint density at radius 2 is 2.00 bits per heavy atom. The van der Waals surface area contributed by atoms with E-state index >= 15 is 0 Å². The summed E-state index contributed by atoms with van der Waals surface area (Å²) < 4.78 is 45.5. The van der Waals surface area contributed by atoms with E-state index in [9.17, 15) is 13.6 Å². The molecule has 0 bridgehead atoms. The molecule has 6 nitrogen and oxygen atoms in total. The zero-order chi connectivity index (χ0) is 20.1. The van der Waals surface area contributed by atoms with Crippen molar-refractivity contribution in [3.05, 3.63) is 53.6 Å². The van der Waals surface area contributed by atoms with Gasteiger partial charge in [-0.2, -0.15) is 8.78 Å². The Morgan fingerprint density at radius 3 is 2.75 bits per heavy atom. The van der Waals surface area contributed by atoms with Crippen LogP contribution in [-0.2, 0) is 4.79 Å². The highest BCUT2D eigenvalue weighted by molar-refractivity contribution is 5.92. The van der Waals surface area contributed by atoms with Crippen LogP contribution < -0.4 is 24.3 Å². The first kappa shape index (κ1) is 19.5. The Labute approximate surface area is 160 Å². The van der Waals surface area contributed by atoms with Crippen LogP contribution in [-0.4, -0.2) is 26.4 Å². The minimum Gasteiger partial charge on any atom is -0.493 e. The molecule has 0 saturated carbocycles. The molecule has 1 atom stereocenters. The van der Waals surface area contributed by atoms with Gasteiger partial charge in [-0.25, -0.2) is 0 Å². The standard InChI is InChI=1S/C20H19F2NO5/c1-12(14-6-8-15-17(10-14)27-11-26-15)23-18(24)9-7-13-4-3-5-16(25-2)19(13)28-20(21)22/h3-10,12,20H,11H2,1-2H3,(H,23,24)/b9-7+. The van der Waals surface area contributed by atoms with E-state index in [-0.39, 0.29) is 24.3 Å². The third-order valence-corrected chi connectivity index (χ3v) is 4.11. The molecule has 1 heterocycles. The summed E-state index contributed by atoms with van der Waals surface area (Å²) in [7, 11) is 1.35. The fourth-order valence-electron chi connectivity index (χ4n) is 2.73. The molecule has 1 unspecified atom stereocenters. The number of methoxy groups -OCH3 is 1. The fourth-order valence-corrected chi connectivity index (χ4v) is 2.73. The second-order valence-electron chi connectivity index (χ2n) is 5.93. The lowest BCUT2D eigenvalue weighted by atomic mass is 10.1. The number of benzene rings is 2. The third-order valence-electron chi connectivity index (χ3n) is 4.11. The van der Waals surface area contributed by atoms with E-state index in [4.69, 9.17) is 14.2 Å². The van der Waals surface area contributed by atoms with Gasteiger partial charge < -0.3 is 24.3 Å². The maximum atomic E-state index is 12.7. The van der Waals surface area contributed by atoms with Crippen molar-refractivity contribution >= 4 is 12.0 Å². The summed E-state index contributed by atoms with van der Waals surface area (Å²) in [6.45, 7) is -1.02. The molecule has 0 aromatic heterocycles. The highest BCUT2D eigenvalue weighted by Crippen LogP contribution is 2.35. The number of carbonyl (C=O) groups is 1. The molecular weight excluding hydrogens is 372 g/mol. The number of halogens is 2. The molecule has 0 saturated heterocycles. The van der Waals surface area contributed by atoms with Crippen LogP contribution in [0.2, 0.25) is 0 Å². The van der Waals surface area contributed by atoms with E-state index in [1.165, 1.54) is 25.3 Å². The number of nitrogens with one attached hydrogen (secondary N) is 1. The SMILES string of the molecule is COc1cccc(/C=C/C(=O)NC(C)c2ccc3c(c2)OCO3)c1OC(F)F. The predicted octanol–water partition coefficient (Wildman–Crippen LogP) is 3.92. The van der Waals surface area contributed by atoms with Crippen LogP contribution in [0.3, 0.4) is 0 Å². The molecule has 2 aromatic carbocycles. The normalized spacial score (nSPS) is 13.6. The van der Waals surface area contributed by atoms with E-state index in [2.05, 4.69) is 10.1 Å². The Hall–Kier alpha value is -3.29. The van der Waals surface area contributed by atoms with Crippen molar-refractivity contribution in [1.29, 1.82) is 0 Å². The lowest BCUT2D eigenvalue weighted by molar-refractivity contribution is -0.117. The molecule has 1 N–H and O–H groups in total. The molecular formula is C20H19F2NO5. The topological polar surface area (TPSA) is 66.0 Å². The fraction of sp³-hybridized carbons (Fsp3) is 0.250. The average Bonchev–Trinajstić information content (AvgIpc) is 3.14. The average molecular weight is 391 g/mol. The van der Waals surface area contributed by atoms with Gasteiger partial charge in [-0.1, -0.05) is 18.2 Å². The Morgan fingerprint density at radius 1 is 1.21 bits per heavy atom. The number of amides is 1. The molecule has 0 fully saturated rings. The van der Waals surface area contributed by atoms with Gasteiger partial charge in [-0.15, -0.1) is 0 Å². The van der Waals surface area contributed by atoms with Crippen molar-refractivity contribution in [3.8, 4) is 23.0 Å². The number of ether oxygens (including phenoxy) is 4. The summed E-state index contributed by atoms with van der Waals surface area (Å²) in [6.07, 6.45) is 2.64. The van der Waals surface area contributed by atoms with Crippen LogP contribution in [0.4, 0.5) is 8.78 Å². The van der Waals surface area contributed by atoms with Crippen LogP contribution in [0, 0.1) is 0 Å². The molecule has 2 aromatic rings. The van der Waals surface area contributed by atoms with E-state index in [0.717, 1.165) is 5.56 Å². The molecule has 3 rings (SSSR count). The van der Waals surface area contributed by atoms with Gasteiger partial charge in [-0.3, -0.25) is 4.79 Å². The first-order chi connectivity index (χ1) is 13.5. The highest BCUT2D eigenvalue weighted by atomic mass is 19.3. The summed E-state index contributed by atoms with van der Waals surface area (Å²) in [6, 6.07) is 9.77. The second-order valence-corrected chi connectivity index (χ2v) is 5.93. The Kier molecular flexibility index (Phi) is 5.98. The second kappa shape index (κ2) is 8.60. The van der Waals surface area contributed by atoms with Crippen molar-refractivity contribution in [2.75, 3.05) is 13.9 Å². The number of alkyl halides is 2. The van der Waals surface area contributed by atoms with Crippen LogP contribution in [0.15, 0.2) is 42.5 Å². The predicted molar refractivity (Wildman–Crippen MR) is 97.8 cm³/mol. The Balaban J connectivity index is 1.70. The molecule has 0 aliphatic carbocycles. The summed E-state index contributed by atoms with van der Waals surface area (Å²) in [5.74, 6) is 0.909. The summed E-state index contributed by atoms with van der Waals surface area (Å²) in [5.41, 5.74) is 1.14. The largest absolute Gasteiger partial charge is 0.493 e. The molecule has 0 spiro atoms. The van der Waals surface area contributed by atoms with Crippen LogP contribution in [0.25, 0.3) is 6.08 Å². The molecule has 28 heavy (non-hydrogen) atoms. The smallest absolute Gasteiger partial charge is 0.387 e. The molecule has 8 heteroatoms. The zero-order valence-electron chi connectivity index (χ0n) is 15.3. The van der Waals surface area contributed by atoms with E-state index in [1.807, 2.05) is 13.0 Å².